The Bertz CT molecular complexity index is 565. The summed E-state index contributed by atoms with van der Waals surface area (Å²) in [5.74, 6) is 0.866. The minimum atomic E-state index is 0.191. The molecule has 0 fully saturated rings. The van der Waals surface area contributed by atoms with Crippen molar-refractivity contribution < 1.29 is 0 Å². The quantitative estimate of drug-likeness (QED) is 0.815. The van der Waals surface area contributed by atoms with E-state index in [2.05, 4.69) is 39.6 Å². The molecule has 1 atom stereocenters. The largest absolute Gasteiger partial charge is 0.368 e. The predicted molar refractivity (Wildman–Crippen MR) is 72.6 cm³/mol. The van der Waals surface area contributed by atoms with Gasteiger partial charge in [-0.1, -0.05) is 35.9 Å². The number of benzene rings is 1. The molecule has 1 unspecified atom stereocenters. The number of nitrogen functional groups attached to an aromatic ring is 1. The average molecular weight is 261 g/mol. The van der Waals surface area contributed by atoms with E-state index < -0.39 is 0 Å². The molecule has 0 saturated heterocycles. The maximum absolute atomic E-state index is 5.86. The monoisotopic (exact) mass is 260 g/mol. The van der Waals surface area contributed by atoms with Crippen molar-refractivity contribution in [2.45, 2.75) is 18.9 Å². The Morgan fingerprint density at radius 3 is 2.94 bits per heavy atom. The lowest BCUT2D eigenvalue weighted by Crippen LogP contribution is -2.09. The van der Waals surface area contributed by atoms with Crippen LogP contribution in [0.3, 0.4) is 0 Å². The van der Waals surface area contributed by atoms with Crippen molar-refractivity contribution in [3.8, 4) is 0 Å². The molecule has 4 nitrogen and oxygen atoms in total. The fraction of sp³-hybridized carbons (Fsp3) is 0.231. The second kappa shape index (κ2) is 4.46. The maximum atomic E-state index is 5.86. The lowest BCUT2D eigenvalue weighted by atomic mass is 10.1. The molecule has 0 bridgehead atoms. The minimum absolute atomic E-state index is 0.191. The van der Waals surface area contributed by atoms with E-state index in [1.807, 2.05) is 0 Å². The molecular weight excluding hydrogens is 248 g/mol. The van der Waals surface area contributed by atoms with Crippen LogP contribution in [-0.2, 0) is 6.42 Å². The topological polar surface area (TPSA) is 63.8 Å². The number of nitrogens with one attached hydrogen (secondary N) is 1. The molecular formula is C13H13ClN4. The van der Waals surface area contributed by atoms with Crippen LogP contribution in [0.5, 0.6) is 0 Å². The zero-order chi connectivity index (χ0) is 12.5. The standard InChI is InChI=1S/C13H13ClN4/c14-11-7-12(18-13(15)17-11)16-10-6-5-8-3-1-2-4-9(8)10/h1-4,7,10H,5-6H2,(H3,15,16,17,18). The molecule has 0 amide bonds. The van der Waals surface area contributed by atoms with Crippen LogP contribution in [0.2, 0.25) is 5.15 Å². The van der Waals surface area contributed by atoms with Crippen LogP contribution in [0.4, 0.5) is 11.8 Å². The highest BCUT2D eigenvalue weighted by Crippen LogP contribution is 2.33. The molecule has 3 rings (SSSR count). The molecule has 0 saturated carbocycles. The van der Waals surface area contributed by atoms with Gasteiger partial charge in [-0.05, 0) is 24.0 Å². The summed E-state index contributed by atoms with van der Waals surface area (Å²) >= 11 is 5.86. The summed E-state index contributed by atoms with van der Waals surface area (Å²) < 4.78 is 0. The maximum Gasteiger partial charge on any atom is 0.223 e. The molecule has 0 aliphatic heterocycles. The van der Waals surface area contributed by atoms with E-state index >= 15 is 0 Å². The highest BCUT2D eigenvalue weighted by Gasteiger charge is 2.22. The number of anilines is 2. The van der Waals surface area contributed by atoms with Crippen molar-refractivity contribution in [2.24, 2.45) is 0 Å². The van der Waals surface area contributed by atoms with Gasteiger partial charge in [0.05, 0.1) is 6.04 Å². The molecule has 2 aromatic rings. The summed E-state index contributed by atoms with van der Waals surface area (Å²) in [5, 5.41) is 3.72. The second-order valence-corrected chi connectivity index (χ2v) is 4.76. The molecule has 0 radical (unpaired) electrons. The number of halogens is 1. The molecule has 1 aromatic carbocycles. The van der Waals surface area contributed by atoms with E-state index in [9.17, 15) is 0 Å². The number of fused-ring (bicyclic) bond motifs is 1. The summed E-state index contributed by atoms with van der Waals surface area (Å²) in [4.78, 5) is 7.99. The van der Waals surface area contributed by atoms with Gasteiger partial charge in [0.2, 0.25) is 5.95 Å². The van der Waals surface area contributed by atoms with Gasteiger partial charge in [0, 0.05) is 6.07 Å². The van der Waals surface area contributed by atoms with Gasteiger partial charge in [0.25, 0.3) is 0 Å². The third kappa shape index (κ3) is 2.11. The third-order valence-corrected chi connectivity index (χ3v) is 3.36. The Kier molecular flexibility index (Phi) is 2.80. The first-order valence-electron chi connectivity index (χ1n) is 5.87. The van der Waals surface area contributed by atoms with Gasteiger partial charge in [0.15, 0.2) is 0 Å². The van der Waals surface area contributed by atoms with E-state index in [-0.39, 0.29) is 12.0 Å². The lowest BCUT2D eigenvalue weighted by molar-refractivity contribution is 0.757. The first-order valence-corrected chi connectivity index (χ1v) is 6.24. The predicted octanol–water partition coefficient (Wildman–Crippen LogP) is 2.81. The zero-order valence-electron chi connectivity index (χ0n) is 9.73. The van der Waals surface area contributed by atoms with Gasteiger partial charge >= 0.3 is 0 Å². The highest BCUT2D eigenvalue weighted by molar-refractivity contribution is 6.29. The van der Waals surface area contributed by atoms with Crippen LogP contribution in [0.25, 0.3) is 0 Å². The van der Waals surface area contributed by atoms with Crippen molar-refractivity contribution in [2.75, 3.05) is 11.1 Å². The SMILES string of the molecule is Nc1nc(Cl)cc(NC2CCc3ccccc32)n1. The summed E-state index contributed by atoms with van der Waals surface area (Å²) in [6.45, 7) is 0. The van der Waals surface area contributed by atoms with Crippen LogP contribution < -0.4 is 11.1 Å². The Labute approximate surface area is 110 Å². The second-order valence-electron chi connectivity index (χ2n) is 4.37. The number of nitrogens with zero attached hydrogens (tertiary/aromatic N) is 2. The molecule has 1 aliphatic rings. The molecule has 92 valence electrons. The smallest absolute Gasteiger partial charge is 0.223 e. The minimum Gasteiger partial charge on any atom is -0.368 e. The van der Waals surface area contributed by atoms with Crippen LogP contribution in [0, 0.1) is 0 Å². The number of aryl methyl sites for hydroxylation is 1. The number of aromatic nitrogens is 2. The van der Waals surface area contributed by atoms with Gasteiger partial charge in [-0.25, -0.2) is 4.98 Å². The molecule has 1 aliphatic carbocycles. The summed E-state index contributed by atoms with van der Waals surface area (Å²) in [6, 6.07) is 10.4. The van der Waals surface area contributed by atoms with E-state index in [0.29, 0.717) is 11.0 Å². The van der Waals surface area contributed by atoms with Gasteiger partial charge in [-0.3, -0.25) is 0 Å². The summed E-state index contributed by atoms with van der Waals surface area (Å²) in [5.41, 5.74) is 8.30. The van der Waals surface area contributed by atoms with Crippen molar-refractivity contribution in [1.82, 2.24) is 9.97 Å². The summed E-state index contributed by atoms with van der Waals surface area (Å²) in [7, 11) is 0. The van der Waals surface area contributed by atoms with Gasteiger partial charge in [-0.2, -0.15) is 4.98 Å². The lowest BCUT2D eigenvalue weighted by Gasteiger charge is -2.14. The van der Waals surface area contributed by atoms with E-state index in [1.54, 1.807) is 6.07 Å². The van der Waals surface area contributed by atoms with Gasteiger partial charge < -0.3 is 11.1 Å². The highest BCUT2D eigenvalue weighted by atomic mass is 35.5. The average Bonchev–Trinajstić information content (AvgIpc) is 2.72. The number of hydrogen-bond donors (Lipinski definition) is 2. The van der Waals surface area contributed by atoms with Crippen molar-refractivity contribution in [3.63, 3.8) is 0 Å². The van der Waals surface area contributed by atoms with Crippen LogP contribution in [0.1, 0.15) is 23.6 Å². The molecule has 5 heteroatoms. The Hall–Kier alpha value is -1.81. The van der Waals surface area contributed by atoms with Crippen molar-refractivity contribution in [3.05, 3.63) is 46.6 Å². The fourth-order valence-electron chi connectivity index (χ4n) is 2.39. The molecule has 1 heterocycles. The first-order chi connectivity index (χ1) is 8.72. The van der Waals surface area contributed by atoms with Crippen molar-refractivity contribution in [1.29, 1.82) is 0 Å². The molecule has 3 N–H and O–H groups in total. The normalized spacial score (nSPS) is 17.5. The number of nitrogens with two attached hydrogens (primary N) is 1. The molecule has 0 spiro atoms. The first kappa shape index (κ1) is 11.3. The van der Waals surface area contributed by atoms with Crippen molar-refractivity contribution >= 4 is 23.4 Å². The van der Waals surface area contributed by atoms with Crippen LogP contribution >= 0.6 is 11.6 Å². The zero-order valence-corrected chi connectivity index (χ0v) is 10.5. The van der Waals surface area contributed by atoms with Gasteiger partial charge in [-0.15, -0.1) is 0 Å². The summed E-state index contributed by atoms with van der Waals surface area (Å²) in [6.07, 6.45) is 2.14. The molecule has 1 aromatic heterocycles. The Morgan fingerprint density at radius 2 is 2.11 bits per heavy atom. The van der Waals surface area contributed by atoms with E-state index in [4.69, 9.17) is 17.3 Å². The Balaban J connectivity index is 1.86. The van der Waals surface area contributed by atoms with E-state index in [1.165, 1.54) is 11.1 Å². The van der Waals surface area contributed by atoms with E-state index in [0.717, 1.165) is 12.8 Å². The van der Waals surface area contributed by atoms with Gasteiger partial charge in [0.1, 0.15) is 11.0 Å². The Morgan fingerprint density at radius 1 is 1.28 bits per heavy atom. The molecule has 18 heavy (non-hydrogen) atoms. The van der Waals surface area contributed by atoms with Crippen LogP contribution in [0.15, 0.2) is 30.3 Å². The van der Waals surface area contributed by atoms with Crippen LogP contribution in [-0.4, -0.2) is 9.97 Å². The number of rotatable bonds is 2. The number of hydrogen-bond acceptors (Lipinski definition) is 4. The third-order valence-electron chi connectivity index (χ3n) is 3.17. The fourth-order valence-corrected chi connectivity index (χ4v) is 2.58.